The van der Waals surface area contributed by atoms with Crippen LogP contribution in [0.3, 0.4) is 0 Å². The number of rotatable bonds is 5. The molecule has 0 aliphatic carbocycles. The van der Waals surface area contributed by atoms with Gasteiger partial charge in [-0.3, -0.25) is 9.59 Å². The smallest absolute Gasteiger partial charge is 0.337 e. The van der Waals surface area contributed by atoms with Gasteiger partial charge in [0.1, 0.15) is 0 Å². The average molecular weight is 481 g/mol. The summed E-state index contributed by atoms with van der Waals surface area (Å²) in [6.45, 7) is 5.78. The van der Waals surface area contributed by atoms with Crippen molar-refractivity contribution in [3.63, 3.8) is 0 Å². The number of benzene rings is 3. The van der Waals surface area contributed by atoms with Crippen LogP contribution in [-0.4, -0.2) is 22.9 Å². The Morgan fingerprint density at radius 2 is 1.42 bits per heavy atom. The van der Waals surface area contributed by atoms with Gasteiger partial charge in [-0.1, -0.05) is 33.6 Å². The van der Waals surface area contributed by atoms with Gasteiger partial charge in [-0.15, -0.1) is 0 Å². The van der Waals surface area contributed by atoms with Crippen LogP contribution in [-0.2, 0) is 0 Å². The van der Waals surface area contributed by atoms with E-state index in [1.165, 1.54) is 12.1 Å². The first kappa shape index (κ1) is 22.2. The zero-order valence-electron chi connectivity index (χ0n) is 17.2. The van der Waals surface area contributed by atoms with Gasteiger partial charge in [0.2, 0.25) is 0 Å². The third-order valence-electron chi connectivity index (χ3n) is 4.77. The SMILES string of the molecule is Cc1cc(C)c(C(=O)Nc2ccc(C(=O)Nc3ccc(Br)cc3C(=O)O)cc2)c(C)c1. The highest BCUT2D eigenvalue weighted by molar-refractivity contribution is 9.10. The number of amides is 2. The largest absolute Gasteiger partial charge is 0.478 e. The van der Waals surface area contributed by atoms with E-state index in [1.807, 2.05) is 32.9 Å². The lowest BCUT2D eigenvalue weighted by Gasteiger charge is -2.12. The molecule has 0 spiro atoms. The predicted molar refractivity (Wildman–Crippen MR) is 124 cm³/mol. The summed E-state index contributed by atoms with van der Waals surface area (Å²) < 4.78 is 0.599. The van der Waals surface area contributed by atoms with Gasteiger partial charge in [0.15, 0.2) is 0 Å². The molecule has 2 amide bonds. The zero-order valence-corrected chi connectivity index (χ0v) is 18.8. The molecule has 3 aromatic carbocycles. The van der Waals surface area contributed by atoms with Gasteiger partial charge in [0.25, 0.3) is 11.8 Å². The standard InChI is InChI=1S/C24H21BrN2O4/c1-13-10-14(2)21(15(3)11-13)23(29)26-18-7-4-16(5-8-18)22(28)27-20-9-6-17(25)12-19(20)24(30)31/h4-12H,1-3H3,(H,26,29)(H,27,28)(H,30,31). The van der Waals surface area contributed by atoms with Gasteiger partial charge >= 0.3 is 5.97 Å². The van der Waals surface area contributed by atoms with Gasteiger partial charge < -0.3 is 15.7 Å². The molecule has 0 unspecified atom stereocenters. The van der Waals surface area contributed by atoms with Crippen molar-refractivity contribution in [1.29, 1.82) is 0 Å². The fourth-order valence-electron chi connectivity index (χ4n) is 3.43. The van der Waals surface area contributed by atoms with Gasteiger partial charge in [-0.25, -0.2) is 4.79 Å². The number of aryl methyl sites for hydroxylation is 3. The second-order valence-electron chi connectivity index (χ2n) is 7.25. The normalized spacial score (nSPS) is 10.5. The van der Waals surface area contributed by atoms with Crippen molar-refractivity contribution in [2.75, 3.05) is 10.6 Å². The lowest BCUT2D eigenvalue weighted by Crippen LogP contribution is -2.16. The summed E-state index contributed by atoms with van der Waals surface area (Å²) in [6, 6.07) is 14.9. The summed E-state index contributed by atoms with van der Waals surface area (Å²) in [7, 11) is 0. The minimum Gasteiger partial charge on any atom is -0.478 e. The summed E-state index contributed by atoms with van der Waals surface area (Å²) >= 11 is 3.22. The highest BCUT2D eigenvalue weighted by atomic mass is 79.9. The minimum atomic E-state index is -1.14. The number of aromatic carboxylic acids is 1. The average Bonchev–Trinajstić information content (AvgIpc) is 2.68. The molecule has 0 atom stereocenters. The van der Waals surface area contributed by atoms with E-state index in [0.717, 1.165) is 16.7 Å². The maximum atomic E-state index is 12.7. The number of carboxylic acids is 1. The number of carboxylic acid groups (broad SMARTS) is 1. The van der Waals surface area contributed by atoms with Gasteiger partial charge in [0, 0.05) is 21.3 Å². The molecule has 0 saturated heterocycles. The molecule has 158 valence electrons. The highest BCUT2D eigenvalue weighted by Gasteiger charge is 2.16. The summed E-state index contributed by atoms with van der Waals surface area (Å²) in [6.07, 6.45) is 0. The van der Waals surface area contributed by atoms with Gasteiger partial charge in [-0.2, -0.15) is 0 Å². The fourth-order valence-corrected chi connectivity index (χ4v) is 3.79. The molecule has 0 aliphatic rings. The maximum Gasteiger partial charge on any atom is 0.337 e. The number of hydrogen-bond donors (Lipinski definition) is 3. The molecule has 3 aromatic rings. The fraction of sp³-hybridized carbons (Fsp3) is 0.125. The number of halogens is 1. The van der Waals surface area contributed by atoms with Crippen molar-refractivity contribution in [1.82, 2.24) is 0 Å². The Bertz CT molecular complexity index is 1160. The summed E-state index contributed by atoms with van der Waals surface area (Å²) in [5.41, 5.74) is 4.58. The van der Waals surface area contributed by atoms with E-state index in [0.29, 0.717) is 21.3 Å². The molecular weight excluding hydrogens is 460 g/mol. The quantitative estimate of drug-likeness (QED) is 0.444. The number of hydrogen-bond acceptors (Lipinski definition) is 3. The molecule has 0 aliphatic heterocycles. The van der Waals surface area contributed by atoms with Crippen molar-refractivity contribution in [3.05, 3.63) is 92.5 Å². The molecule has 0 aromatic heterocycles. The van der Waals surface area contributed by atoms with E-state index in [4.69, 9.17) is 0 Å². The molecular formula is C24H21BrN2O4. The Hall–Kier alpha value is -3.45. The lowest BCUT2D eigenvalue weighted by molar-refractivity contribution is 0.0697. The van der Waals surface area contributed by atoms with E-state index in [-0.39, 0.29) is 17.2 Å². The molecule has 3 N–H and O–H groups in total. The first-order valence-electron chi connectivity index (χ1n) is 9.49. The molecule has 31 heavy (non-hydrogen) atoms. The molecule has 3 rings (SSSR count). The molecule has 0 saturated carbocycles. The van der Waals surface area contributed by atoms with Crippen molar-refractivity contribution in [3.8, 4) is 0 Å². The number of nitrogens with one attached hydrogen (secondary N) is 2. The van der Waals surface area contributed by atoms with Crippen molar-refractivity contribution in [2.45, 2.75) is 20.8 Å². The molecule has 0 bridgehead atoms. The van der Waals surface area contributed by atoms with Gasteiger partial charge in [-0.05, 0) is 74.4 Å². The highest BCUT2D eigenvalue weighted by Crippen LogP contribution is 2.23. The van der Waals surface area contributed by atoms with Crippen molar-refractivity contribution < 1.29 is 19.5 Å². The molecule has 0 radical (unpaired) electrons. The van der Waals surface area contributed by atoms with E-state index < -0.39 is 11.9 Å². The summed E-state index contributed by atoms with van der Waals surface area (Å²) in [4.78, 5) is 36.7. The molecule has 7 heteroatoms. The third kappa shape index (κ3) is 5.19. The third-order valence-corrected chi connectivity index (χ3v) is 5.26. The van der Waals surface area contributed by atoms with Crippen LogP contribution in [0.1, 0.15) is 47.8 Å². The monoisotopic (exact) mass is 480 g/mol. The Labute approximate surface area is 188 Å². The van der Waals surface area contributed by atoms with Crippen LogP contribution >= 0.6 is 15.9 Å². The first-order valence-corrected chi connectivity index (χ1v) is 10.3. The predicted octanol–water partition coefficient (Wildman–Crippen LogP) is 5.58. The van der Waals surface area contributed by atoms with Gasteiger partial charge in [0.05, 0.1) is 11.3 Å². The lowest BCUT2D eigenvalue weighted by atomic mass is 9.99. The van der Waals surface area contributed by atoms with E-state index in [9.17, 15) is 19.5 Å². The first-order chi connectivity index (χ1) is 14.7. The molecule has 0 fully saturated rings. The maximum absolute atomic E-state index is 12.7. The Kier molecular flexibility index (Phi) is 6.56. The van der Waals surface area contributed by atoms with Crippen LogP contribution in [0.5, 0.6) is 0 Å². The summed E-state index contributed by atoms with van der Waals surface area (Å²) in [5, 5.41) is 14.8. The van der Waals surface area contributed by atoms with Crippen LogP contribution < -0.4 is 10.6 Å². The Balaban J connectivity index is 1.74. The zero-order chi connectivity index (χ0) is 22.7. The number of carbonyl (C=O) groups is 3. The second-order valence-corrected chi connectivity index (χ2v) is 8.17. The van der Waals surface area contributed by atoms with Crippen LogP contribution in [0, 0.1) is 20.8 Å². The van der Waals surface area contributed by atoms with Crippen LogP contribution in [0.2, 0.25) is 0 Å². The van der Waals surface area contributed by atoms with Crippen molar-refractivity contribution in [2.24, 2.45) is 0 Å². The minimum absolute atomic E-state index is 0.0181. The van der Waals surface area contributed by atoms with Crippen LogP contribution in [0.25, 0.3) is 0 Å². The van der Waals surface area contributed by atoms with E-state index >= 15 is 0 Å². The van der Waals surface area contributed by atoms with Crippen LogP contribution in [0.4, 0.5) is 11.4 Å². The number of carbonyl (C=O) groups excluding carboxylic acids is 2. The Morgan fingerprint density at radius 1 is 0.806 bits per heavy atom. The van der Waals surface area contributed by atoms with Crippen LogP contribution in [0.15, 0.2) is 59.1 Å². The summed E-state index contributed by atoms with van der Waals surface area (Å²) in [5.74, 6) is -1.81. The topological polar surface area (TPSA) is 95.5 Å². The molecule has 6 nitrogen and oxygen atoms in total. The second kappa shape index (κ2) is 9.14. The Morgan fingerprint density at radius 3 is 2.00 bits per heavy atom. The van der Waals surface area contributed by atoms with E-state index in [2.05, 4.69) is 26.6 Å². The number of anilines is 2. The molecule has 0 heterocycles. The van der Waals surface area contributed by atoms with E-state index in [1.54, 1.807) is 30.3 Å². The van der Waals surface area contributed by atoms with Crippen molar-refractivity contribution >= 4 is 45.1 Å².